The van der Waals surface area contributed by atoms with Crippen LogP contribution in [0.15, 0.2) is 48.8 Å². The zero-order valence-electron chi connectivity index (χ0n) is 9.61. The van der Waals surface area contributed by atoms with Crippen molar-refractivity contribution in [2.45, 2.75) is 13.0 Å². The van der Waals surface area contributed by atoms with Crippen LogP contribution in [0.3, 0.4) is 0 Å². The minimum absolute atomic E-state index is 0.289. The lowest BCUT2D eigenvalue weighted by atomic mass is 10.1. The summed E-state index contributed by atoms with van der Waals surface area (Å²) in [5.74, 6) is -0.289. The van der Waals surface area contributed by atoms with E-state index in [1.807, 2.05) is 30.3 Å². The summed E-state index contributed by atoms with van der Waals surface area (Å²) in [7, 11) is 0. The molecule has 0 fully saturated rings. The second-order valence-electron chi connectivity index (χ2n) is 3.55. The Balaban J connectivity index is 2.35. The molecule has 0 saturated carbocycles. The maximum atomic E-state index is 12.0. The van der Waals surface area contributed by atoms with Crippen LogP contribution in [0, 0.1) is 0 Å². The van der Waals surface area contributed by atoms with Crippen molar-refractivity contribution in [3.05, 3.63) is 54.4 Å². The summed E-state index contributed by atoms with van der Waals surface area (Å²) in [5.41, 5.74) is 0.870. The van der Waals surface area contributed by atoms with Crippen molar-refractivity contribution in [1.82, 2.24) is 9.78 Å². The van der Waals surface area contributed by atoms with Crippen molar-refractivity contribution in [1.29, 1.82) is 0 Å². The summed E-state index contributed by atoms with van der Waals surface area (Å²) in [6, 6.07) is 10.8. The average Bonchev–Trinajstić information content (AvgIpc) is 2.85. The zero-order valence-corrected chi connectivity index (χ0v) is 9.61. The van der Waals surface area contributed by atoms with Crippen LogP contribution in [-0.4, -0.2) is 22.4 Å². The Hall–Kier alpha value is -2.10. The van der Waals surface area contributed by atoms with E-state index in [9.17, 15) is 4.79 Å². The summed E-state index contributed by atoms with van der Waals surface area (Å²) in [6.45, 7) is 2.16. The maximum absolute atomic E-state index is 12.0. The predicted molar refractivity (Wildman–Crippen MR) is 63.4 cm³/mol. The Morgan fingerprint density at radius 3 is 2.71 bits per heavy atom. The van der Waals surface area contributed by atoms with E-state index in [-0.39, 0.29) is 5.97 Å². The molecule has 0 radical (unpaired) electrons. The minimum Gasteiger partial charge on any atom is -0.464 e. The average molecular weight is 230 g/mol. The third kappa shape index (κ3) is 2.53. The quantitative estimate of drug-likeness (QED) is 0.755. The van der Waals surface area contributed by atoms with E-state index in [4.69, 9.17) is 4.74 Å². The molecule has 0 aliphatic carbocycles. The molecule has 0 spiro atoms. The van der Waals surface area contributed by atoms with Gasteiger partial charge in [0, 0.05) is 12.4 Å². The van der Waals surface area contributed by atoms with Gasteiger partial charge in [0.05, 0.1) is 6.61 Å². The molecule has 0 saturated heterocycles. The highest BCUT2D eigenvalue weighted by Crippen LogP contribution is 2.18. The Bertz CT molecular complexity index is 465. The fourth-order valence-electron chi connectivity index (χ4n) is 1.69. The smallest absolute Gasteiger partial charge is 0.335 e. The van der Waals surface area contributed by atoms with Crippen molar-refractivity contribution in [2.75, 3.05) is 6.61 Å². The number of aromatic nitrogens is 2. The third-order valence-corrected chi connectivity index (χ3v) is 2.41. The number of hydrogen-bond donors (Lipinski definition) is 0. The molecule has 0 N–H and O–H groups in total. The van der Waals surface area contributed by atoms with Gasteiger partial charge in [0.15, 0.2) is 6.04 Å². The molecule has 0 unspecified atom stereocenters. The molecule has 0 amide bonds. The van der Waals surface area contributed by atoms with Crippen LogP contribution < -0.4 is 0 Å². The second kappa shape index (κ2) is 5.30. The topological polar surface area (TPSA) is 44.1 Å². The van der Waals surface area contributed by atoms with Crippen molar-refractivity contribution in [3.8, 4) is 0 Å². The summed E-state index contributed by atoms with van der Waals surface area (Å²) in [6.07, 6.45) is 3.41. The summed E-state index contributed by atoms with van der Waals surface area (Å²) < 4.78 is 6.69. The van der Waals surface area contributed by atoms with Crippen LogP contribution in [0.1, 0.15) is 18.5 Å². The molecular weight excluding hydrogens is 216 g/mol. The molecule has 1 atom stereocenters. The van der Waals surface area contributed by atoms with E-state index in [0.29, 0.717) is 6.61 Å². The second-order valence-corrected chi connectivity index (χ2v) is 3.55. The molecule has 0 bridgehead atoms. The molecule has 2 rings (SSSR count). The molecular formula is C13H14N2O2. The first-order valence-electron chi connectivity index (χ1n) is 5.53. The monoisotopic (exact) mass is 230 g/mol. The zero-order chi connectivity index (χ0) is 12.1. The van der Waals surface area contributed by atoms with Gasteiger partial charge in [-0.05, 0) is 18.6 Å². The molecule has 2 aromatic rings. The first-order valence-corrected chi connectivity index (χ1v) is 5.53. The van der Waals surface area contributed by atoms with Gasteiger partial charge in [0.1, 0.15) is 0 Å². The van der Waals surface area contributed by atoms with Gasteiger partial charge >= 0.3 is 5.97 Å². The van der Waals surface area contributed by atoms with Gasteiger partial charge in [0.25, 0.3) is 0 Å². The first kappa shape index (κ1) is 11.4. The van der Waals surface area contributed by atoms with E-state index >= 15 is 0 Å². The molecule has 1 heterocycles. The number of carbonyl (C=O) groups excluding carboxylic acids is 1. The van der Waals surface area contributed by atoms with Crippen molar-refractivity contribution < 1.29 is 9.53 Å². The van der Waals surface area contributed by atoms with E-state index < -0.39 is 6.04 Å². The highest BCUT2D eigenvalue weighted by atomic mass is 16.5. The summed E-state index contributed by atoms with van der Waals surface area (Å²) in [5, 5.41) is 4.11. The Kier molecular flexibility index (Phi) is 3.55. The van der Waals surface area contributed by atoms with Crippen molar-refractivity contribution in [2.24, 2.45) is 0 Å². The normalized spacial score (nSPS) is 12.1. The van der Waals surface area contributed by atoms with Crippen LogP contribution in [0.25, 0.3) is 0 Å². The van der Waals surface area contributed by atoms with Gasteiger partial charge in [0.2, 0.25) is 0 Å². The van der Waals surface area contributed by atoms with Gasteiger partial charge in [-0.3, -0.25) is 4.68 Å². The van der Waals surface area contributed by atoms with E-state index in [1.54, 1.807) is 30.1 Å². The van der Waals surface area contributed by atoms with Crippen LogP contribution in [0.2, 0.25) is 0 Å². The highest BCUT2D eigenvalue weighted by Gasteiger charge is 2.23. The molecule has 4 nitrogen and oxygen atoms in total. The molecule has 1 aromatic carbocycles. The molecule has 0 aliphatic rings. The van der Waals surface area contributed by atoms with Gasteiger partial charge < -0.3 is 4.74 Å². The Morgan fingerprint density at radius 1 is 1.35 bits per heavy atom. The third-order valence-electron chi connectivity index (χ3n) is 2.41. The summed E-state index contributed by atoms with van der Waals surface area (Å²) >= 11 is 0. The van der Waals surface area contributed by atoms with Crippen LogP contribution in [0.5, 0.6) is 0 Å². The number of ether oxygens (including phenoxy) is 1. The highest BCUT2D eigenvalue weighted by molar-refractivity contribution is 5.77. The minimum atomic E-state index is -0.508. The fourth-order valence-corrected chi connectivity index (χ4v) is 1.69. The van der Waals surface area contributed by atoms with Crippen LogP contribution >= 0.6 is 0 Å². The Morgan fingerprint density at radius 2 is 2.12 bits per heavy atom. The fraction of sp³-hybridized carbons (Fsp3) is 0.231. The largest absolute Gasteiger partial charge is 0.464 e. The summed E-state index contributed by atoms with van der Waals surface area (Å²) in [4.78, 5) is 12.0. The lowest BCUT2D eigenvalue weighted by Crippen LogP contribution is -2.23. The van der Waals surface area contributed by atoms with Gasteiger partial charge in [-0.1, -0.05) is 30.3 Å². The predicted octanol–water partition coefficient (Wildman–Crippen LogP) is 2.04. The number of rotatable bonds is 4. The molecule has 1 aromatic heterocycles. The lowest BCUT2D eigenvalue weighted by molar-refractivity contribution is -0.146. The van der Waals surface area contributed by atoms with Crippen molar-refractivity contribution >= 4 is 5.97 Å². The number of esters is 1. The van der Waals surface area contributed by atoms with Crippen LogP contribution in [-0.2, 0) is 9.53 Å². The molecule has 0 aliphatic heterocycles. The number of nitrogens with zero attached hydrogens (tertiary/aromatic N) is 2. The lowest BCUT2D eigenvalue weighted by Gasteiger charge is -2.16. The van der Waals surface area contributed by atoms with Crippen LogP contribution in [0.4, 0.5) is 0 Å². The van der Waals surface area contributed by atoms with Gasteiger partial charge in [-0.15, -0.1) is 0 Å². The standard InChI is InChI=1S/C13H14N2O2/c1-2-17-13(16)12(15-10-6-9-14-15)11-7-4-3-5-8-11/h3-10,12H,2H2,1H3/t12-/m0/s1. The SMILES string of the molecule is CCOC(=O)[C@H](c1ccccc1)n1cccn1. The molecule has 88 valence electrons. The van der Waals surface area contributed by atoms with E-state index in [1.165, 1.54) is 0 Å². The van der Waals surface area contributed by atoms with E-state index in [2.05, 4.69) is 5.10 Å². The molecule has 4 heteroatoms. The Labute approximate surface area is 99.8 Å². The number of hydrogen-bond acceptors (Lipinski definition) is 3. The van der Waals surface area contributed by atoms with Gasteiger partial charge in [-0.25, -0.2) is 4.79 Å². The molecule has 17 heavy (non-hydrogen) atoms. The maximum Gasteiger partial charge on any atom is 0.335 e. The van der Waals surface area contributed by atoms with E-state index in [0.717, 1.165) is 5.56 Å². The first-order chi connectivity index (χ1) is 8.33. The van der Waals surface area contributed by atoms with Crippen molar-refractivity contribution in [3.63, 3.8) is 0 Å². The number of carbonyl (C=O) groups is 1. The number of benzene rings is 1. The van der Waals surface area contributed by atoms with Gasteiger partial charge in [-0.2, -0.15) is 5.10 Å².